The van der Waals surface area contributed by atoms with Crippen molar-refractivity contribution in [3.05, 3.63) is 87.7 Å². The number of allylic oxidation sites excluding steroid dienone is 1. The van der Waals surface area contributed by atoms with Gasteiger partial charge in [-0.05, 0) is 130 Å². The van der Waals surface area contributed by atoms with Crippen molar-refractivity contribution in [2.45, 2.75) is 77.0 Å². The number of nitrogens with zero attached hydrogens (tertiary/aromatic N) is 5. The molecule has 2 aliphatic heterocycles. The zero-order valence-corrected chi connectivity index (χ0v) is 36.6. The van der Waals surface area contributed by atoms with Crippen LogP contribution in [-0.4, -0.2) is 98.4 Å². The summed E-state index contributed by atoms with van der Waals surface area (Å²) in [6, 6.07) is 12.5. The molecule has 4 aliphatic carbocycles. The molecule has 6 aliphatic rings. The van der Waals surface area contributed by atoms with Gasteiger partial charge in [0, 0.05) is 68.7 Å². The number of sulfonamides is 1. The summed E-state index contributed by atoms with van der Waals surface area (Å²) in [5.41, 5.74) is 6.21. The SMILES string of the molecule is CN1CCC(CNc2ccc(S(=O)(=O)NC(=O)c3ccc(N4CCN(CC5=C(C67CC(C)(C6)C7)CC(C)(C)CC5)CC4)cc3Oc3cnc4[nH]ccc4c3)cc2[N+](=O)[O-])CC1. The molecule has 2 aromatic carbocycles. The molecule has 2 aromatic heterocycles. The molecule has 5 fully saturated rings. The van der Waals surface area contributed by atoms with Crippen molar-refractivity contribution < 1.29 is 22.9 Å². The number of rotatable bonds is 13. The Balaban J connectivity index is 0.917. The lowest BCUT2D eigenvalue weighted by Gasteiger charge is -2.72. The number of piperazine rings is 1. The number of piperidine rings is 1. The standard InChI is InChI=1S/C46H58N8O6S/c1-44(2)13-9-33(38(24-44)46-28-45(3,29-46)30-46)27-52-17-19-53(20-18-52)34-5-7-37(41(22-34)60-35-21-32-10-14-47-42(32)49-26-35)43(55)50-61(58,59)36-6-8-39(40(23-36)54(56)57)48-25-31-11-15-51(4)16-12-31/h5-8,10,14,21-23,26,31,48H,9,11-13,15-20,24-25,27-30H2,1-4H3,(H,47,49)(H,50,55). The second-order valence-corrected chi connectivity index (χ2v) is 21.4. The largest absolute Gasteiger partial charge is 0.455 e. The first-order chi connectivity index (χ1) is 29.1. The van der Waals surface area contributed by atoms with Crippen LogP contribution >= 0.6 is 0 Å². The number of nitrogens with one attached hydrogen (secondary N) is 3. The van der Waals surface area contributed by atoms with Gasteiger partial charge in [-0.2, -0.15) is 0 Å². The van der Waals surface area contributed by atoms with E-state index in [0.717, 1.165) is 75.8 Å². The van der Waals surface area contributed by atoms with E-state index in [-0.39, 0.29) is 22.7 Å². The fraction of sp³-hybridized carbons (Fsp3) is 0.522. The molecule has 1 amide bonds. The van der Waals surface area contributed by atoms with Crippen LogP contribution < -0.4 is 19.7 Å². The minimum atomic E-state index is -4.53. The predicted octanol–water partition coefficient (Wildman–Crippen LogP) is 7.95. The van der Waals surface area contributed by atoms with Crippen molar-refractivity contribution in [2.24, 2.45) is 22.2 Å². The number of amides is 1. The molecule has 61 heavy (non-hydrogen) atoms. The number of nitro groups is 1. The first kappa shape index (κ1) is 41.4. The maximum absolute atomic E-state index is 13.9. The van der Waals surface area contributed by atoms with Gasteiger partial charge in [0.05, 0.1) is 21.6 Å². The van der Waals surface area contributed by atoms with Gasteiger partial charge in [0.25, 0.3) is 21.6 Å². The van der Waals surface area contributed by atoms with Crippen LogP contribution in [0.5, 0.6) is 11.5 Å². The number of ether oxygens (including phenoxy) is 1. The average Bonchev–Trinajstić information content (AvgIpc) is 3.68. The number of carbonyl (C=O) groups excluding carboxylic acids is 1. The summed E-state index contributed by atoms with van der Waals surface area (Å²) in [4.78, 5) is 39.7. The molecule has 0 atom stereocenters. The molecule has 0 radical (unpaired) electrons. The highest BCUT2D eigenvalue weighted by Gasteiger charge is 2.66. The van der Waals surface area contributed by atoms with Crippen LogP contribution in [0, 0.1) is 32.3 Å². The Hall–Kier alpha value is -4.99. The maximum Gasteiger partial charge on any atom is 0.293 e. The van der Waals surface area contributed by atoms with Crippen molar-refractivity contribution in [2.75, 3.05) is 69.6 Å². The predicted molar refractivity (Wildman–Crippen MR) is 237 cm³/mol. The van der Waals surface area contributed by atoms with E-state index in [9.17, 15) is 23.3 Å². The third-order valence-electron chi connectivity index (χ3n) is 14.2. The van der Waals surface area contributed by atoms with E-state index in [1.807, 2.05) is 12.1 Å². The van der Waals surface area contributed by atoms with Gasteiger partial charge >= 0.3 is 0 Å². The number of aromatic nitrogens is 2. The van der Waals surface area contributed by atoms with Gasteiger partial charge in [-0.25, -0.2) is 18.1 Å². The van der Waals surface area contributed by atoms with Gasteiger partial charge in [0.1, 0.15) is 22.8 Å². The molecular formula is C46H58N8O6S. The van der Waals surface area contributed by atoms with Gasteiger partial charge in [0.2, 0.25) is 0 Å². The van der Waals surface area contributed by atoms with Crippen molar-refractivity contribution >= 4 is 44.0 Å². The molecule has 0 unspecified atom stereocenters. The zero-order chi connectivity index (χ0) is 42.7. The normalized spacial score (nSPS) is 24.6. The number of hydrogen-bond donors (Lipinski definition) is 3. The second kappa shape index (κ2) is 15.7. The molecule has 4 aromatic rings. The Kier molecular flexibility index (Phi) is 10.7. The number of aromatic amines is 1. The number of nitro benzene ring substituents is 1. The van der Waals surface area contributed by atoms with Crippen LogP contribution in [0.3, 0.4) is 0 Å². The van der Waals surface area contributed by atoms with Crippen LogP contribution in [0.15, 0.2) is 77.0 Å². The highest BCUT2D eigenvalue weighted by Crippen LogP contribution is 2.77. The van der Waals surface area contributed by atoms with Crippen molar-refractivity contribution in [3.63, 3.8) is 0 Å². The van der Waals surface area contributed by atoms with E-state index in [4.69, 9.17) is 4.74 Å². The molecular weight excluding hydrogens is 793 g/mol. The van der Waals surface area contributed by atoms with Gasteiger partial charge in [-0.1, -0.05) is 31.9 Å². The minimum absolute atomic E-state index is 0.00630. The summed E-state index contributed by atoms with van der Waals surface area (Å²) >= 11 is 0. The van der Waals surface area contributed by atoms with Gasteiger partial charge in [-0.15, -0.1) is 0 Å². The van der Waals surface area contributed by atoms with Gasteiger partial charge in [0.15, 0.2) is 0 Å². The quantitative estimate of drug-likeness (QED) is 0.0679. The van der Waals surface area contributed by atoms with E-state index < -0.39 is 25.7 Å². The Labute approximate surface area is 358 Å². The van der Waals surface area contributed by atoms with Crippen LogP contribution in [0.2, 0.25) is 0 Å². The van der Waals surface area contributed by atoms with Crippen LogP contribution in [0.1, 0.15) is 82.5 Å². The van der Waals surface area contributed by atoms with Crippen molar-refractivity contribution in [1.82, 2.24) is 24.5 Å². The zero-order valence-electron chi connectivity index (χ0n) is 35.8. The van der Waals surface area contributed by atoms with E-state index in [0.29, 0.717) is 40.1 Å². The maximum atomic E-state index is 13.9. The number of carbonyl (C=O) groups is 1. The Morgan fingerprint density at radius 1 is 1.00 bits per heavy atom. The fourth-order valence-electron chi connectivity index (χ4n) is 10.9. The molecule has 324 valence electrons. The number of H-pyrrole nitrogens is 1. The summed E-state index contributed by atoms with van der Waals surface area (Å²) in [5, 5.41) is 16.1. The number of likely N-dealkylation sites (tertiary alicyclic amines) is 1. The number of fused-ring (bicyclic) bond motifs is 1. The summed E-state index contributed by atoms with van der Waals surface area (Å²) in [5.74, 6) is -0.0348. The highest BCUT2D eigenvalue weighted by molar-refractivity contribution is 7.90. The minimum Gasteiger partial charge on any atom is -0.455 e. The Bertz CT molecular complexity index is 2480. The first-order valence-corrected chi connectivity index (χ1v) is 23.3. The van der Waals surface area contributed by atoms with Gasteiger partial charge < -0.3 is 24.8 Å². The van der Waals surface area contributed by atoms with Crippen molar-refractivity contribution in [1.29, 1.82) is 0 Å². The number of hydrogen-bond acceptors (Lipinski definition) is 11. The second-order valence-electron chi connectivity index (χ2n) is 19.7. The van der Waals surface area contributed by atoms with E-state index in [2.05, 4.69) is 62.5 Å². The molecule has 2 saturated heterocycles. The van der Waals surface area contributed by atoms with Crippen molar-refractivity contribution in [3.8, 4) is 11.5 Å². The summed E-state index contributed by atoms with van der Waals surface area (Å²) in [6.07, 6.45) is 13.0. The lowest BCUT2D eigenvalue weighted by atomic mass is 9.33. The molecule has 3 saturated carbocycles. The molecule has 0 spiro atoms. The molecule has 2 bridgehead atoms. The molecule has 15 heteroatoms. The number of anilines is 2. The Morgan fingerprint density at radius 2 is 1.75 bits per heavy atom. The molecule has 4 heterocycles. The van der Waals surface area contributed by atoms with E-state index >= 15 is 0 Å². The molecule has 10 rings (SSSR count). The lowest BCUT2D eigenvalue weighted by molar-refractivity contribution is -0.384. The third-order valence-corrected chi connectivity index (χ3v) is 15.5. The van der Waals surface area contributed by atoms with Crippen LogP contribution in [0.25, 0.3) is 11.0 Å². The van der Waals surface area contributed by atoms with E-state index in [1.54, 1.807) is 41.7 Å². The monoisotopic (exact) mass is 850 g/mol. The number of pyridine rings is 1. The lowest BCUT2D eigenvalue weighted by Crippen LogP contribution is -2.61. The molecule has 14 nitrogen and oxygen atoms in total. The Morgan fingerprint density at radius 3 is 2.48 bits per heavy atom. The highest BCUT2D eigenvalue weighted by atomic mass is 32.2. The molecule has 3 N–H and O–H groups in total. The van der Waals surface area contributed by atoms with Crippen LogP contribution in [-0.2, 0) is 10.0 Å². The first-order valence-electron chi connectivity index (χ1n) is 21.8. The topological polar surface area (TPSA) is 166 Å². The van der Waals surface area contributed by atoms with Crippen LogP contribution in [0.4, 0.5) is 17.1 Å². The summed E-state index contributed by atoms with van der Waals surface area (Å²) in [7, 11) is -2.46. The summed E-state index contributed by atoms with van der Waals surface area (Å²) in [6.45, 7) is 14.1. The fourth-order valence-corrected chi connectivity index (χ4v) is 11.9. The van der Waals surface area contributed by atoms with Gasteiger partial charge in [-0.3, -0.25) is 19.8 Å². The number of benzene rings is 2. The van der Waals surface area contributed by atoms with E-state index in [1.165, 1.54) is 50.7 Å². The summed E-state index contributed by atoms with van der Waals surface area (Å²) < 4.78 is 35.9. The average molecular weight is 851 g/mol. The smallest absolute Gasteiger partial charge is 0.293 e. The third kappa shape index (κ3) is 8.48.